The quantitative estimate of drug-likeness (QED) is 0.167. The van der Waals surface area contributed by atoms with Crippen LogP contribution in [0.15, 0.2) is 115 Å². The molecule has 59 heavy (non-hydrogen) atoms. The maximum absolute atomic E-state index is 15.2. The van der Waals surface area contributed by atoms with Crippen molar-refractivity contribution in [1.29, 1.82) is 0 Å². The molecule has 9 rings (SSSR count). The Morgan fingerprint density at radius 3 is 2.17 bits per heavy atom. The van der Waals surface area contributed by atoms with E-state index in [4.69, 9.17) is 9.47 Å². The maximum atomic E-state index is 15.2. The molecule has 1 fully saturated rings. The van der Waals surface area contributed by atoms with E-state index in [0.717, 1.165) is 50.4 Å². The molecule has 0 aliphatic carbocycles. The number of halogens is 3. The Morgan fingerprint density at radius 2 is 1.46 bits per heavy atom. The van der Waals surface area contributed by atoms with E-state index in [1.807, 2.05) is 29.2 Å². The number of aromatic nitrogens is 1. The predicted octanol–water partition coefficient (Wildman–Crippen LogP) is 7.76. The van der Waals surface area contributed by atoms with Gasteiger partial charge < -0.3 is 33.7 Å². The summed E-state index contributed by atoms with van der Waals surface area (Å²) in [5.41, 5.74) is 4.64. The molecule has 3 aliphatic heterocycles. The number of amides is 2. The highest BCUT2D eigenvalue weighted by molar-refractivity contribution is 6.17. The number of para-hydroxylation sites is 1. The molecule has 0 saturated carbocycles. The van der Waals surface area contributed by atoms with Gasteiger partial charge in [0.1, 0.15) is 11.5 Å². The average Bonchev–Trinajstić information content (AvgIpc) is 3.86. The SMILES string of the molecule is CN1CCN(C[C@@H]2Cc3ccccc3CN2C(=O)c2cc3c(cc2-n2cc(C(=O)N(c4ccc(O)cc4)c4ccc(OC(F)(F)F)cc4)c4ccccc42)OCO3)CC1. The van der Waals surface area contributed by atoms with Gasteiger partial charge in [0.05, 0.1) is 22.3 Å². The normalized spacial score (nSPS) is 16.9. The first-order valence-corrected chi connectivity index (χ1v) is 19.3. The predicted molar refractivity (Wildman–Crippen MR) is 215 cm³/mol. The van der Waals surface area contributed by atoms with Crippen molar-refractivity contribution in [3.8, 4) is 28.7 Å². The minimum atomic E-state index is -4.89. The topological polar surface area (TPSA) is 100.0 Å². The van der Waals surface area contributed by atoms with Crippen molar-refractivity contribution in [2.45, 2.75) is 25.4 Å². The van der Waals surface area contributed by atoms with Crippen molar-refractivity contribution < 1.29 is 42.1 Å². The Kier molecular flexibility index (Phi) is 9.89. The van der Waals surface area contributed by atoms with Crippen LogP contribution < -0.4 is 19.1 Å². The first kappa shape index (κ1) is 38.0. The van der Waals surface area contributed by atoms with Crippen molar-refractivity contribution >= 4 is 34.1 Å². The number of ether oxygens (including phenoxy) is 3. The molecule has 1 saturated heterocycles. The minimum absolute atomic E-state index is 0.0138. The van der Waals surface area contributed by atoms with Crippen molar-refractivity contribution in [1.82, 2.24) is 19.3 Å². The highest BCUT2D eigenvalue weighted by Crippen LogP contribution is 2.41. The number of carbonyl (C=O) groups excluding carboxylic acids is 2. The number of nitrogens with zero attached hydrogens (tertiary/aromatic N) is 5. The summed E-state index contributed by atoms with van der Waals surface area (Å²) >= 11 is 0. The lowest BCUT2D eigenvalue weighted by atomic mass is 9.92. The largest absolute Gasteiger partial charge is 0.573 e. The number of aromatic hydroxyl groups is 1. The lowest BCUT2D eigenvalue weighted by molar-refractivity contribution is -0.274. The van der Waals surface area contributed by atoms with Gasteiger partial charge in [0.25, 0.3) is 11.8 Å². The molecule has 6 aromatic rings. The van der Waals surface area contributed by atoms with Crippen LogP contribution in [0.1, 0.15) is 31.8 Å². The Bertz CT molecular complexity index is 2530. The van der Waals surface area contributed by atoms with Gasteiger partial charge in [-0.2, -0.15) is 0 Å². The van der Waals surface area contributed by atoms with Gasteiger partial charge in [-0.3, -0.25) is 19.4 Å². The van der Waals surface area contributed by atoms with Crippen LogP contribution in [-0.4, -0.2) is 95.2 Å². The van der Waals surface area contributed by atoms with Crippen molar-refractivity contribution in [2.24, 2.45) is 0 Å². The number of fused-ring (bicyclic) bond motifs is 3. The second-order valence-corrected chi connectivity index (χ2v) is 15.0. The van der Waals surface area contributed by atoms with E-state index in [1.54, 1.807) is 35.0 Å². The molecular weight excluding hydrogens is 764 g/mol. The fourth-order valence-corrected chi connectivity index (χ4v) is 8.23. The fraction of sp³-hybridized carbons (Fsp3) is 0.244. The van der Waals surface area contributed by atoms with Gasteiger partial charge in [-0.25, -0.2) is 0 Å². The number of alkyl halides is 3. The summed E-state index contributed by atoms with van der Waals surface area (Å²) in [6.07, 6.45) is -2.52. The van der Waals surface area contributed by atoms with Crippen LogP contribution in [0.5, 0.6) is 23.0 Å². The molecule has 5 aromatic carbocycles. The summed E-state index contributed by atoms with van der Waals surface area (Å²) in [4.78, 5) is 38.2. The molecular formula is C45H40F3N5O6. The molecule has 0 unspecified atom stereocenters. The summed E-state index contributed by atoms with van der Waals surface area (Å²) in [6, 6.07) is 29.8. The van der Waals surface area contributed by atoms with Crippen LogP contribution in [0.2, 0.25) is 0 Å². The first-order chi connectivity index (χ1) is 28.5. The van der Waals surface area contributed by atoms with Crippen molar-refractivity contribution in [3.63, 3.8) is 0 Å². The van der Waals surface area contributed by atoms with E-state index in [1.165, 1.54) is 46.9 Å². The summed E-state index contributed by atoms with van der Waals surface area (Å²) in [5, 5.41) is 10.6. The smallest absolute Gasteiger partial charge is 0.508 e. The maximum Gasteiger partial charge on any atom is 0.573 e. The van der Waals surface area contributed by atoms with Gasteiger partial charge in [0, 0.05) is 74.3 Å². The third-order valence-corrected chi connectivity index (χ3v) is 11.2. The lowest BCUT2D eigenvalue weighted by Gasteiger charge is -2.41. The third-order valence-electron chi connectivity index (χ3n) is 11.2. The van der Waals surface area contributed by atoms with E-state index >= 15 is 4.79 Å². The van der Waals surface area contributed by atoms with Crippen LogP contribution in [0, 0.1) is 0 Å². The second kappa shape index (κ2) is 15.3. The Hall–Kier alpha value is -6.51. The van der Waals surface area contributed by atoms with Crippen molar-refractivity contribution in [3.05, 3.63) is 138 Å². The standard InChI is InChI=1S/C45H40F3N5O6/c1-49-18-20-50(21-19-49)26-33-22-29-6-2-3-7-30(29)25-51(33)43(55)37-23-41-42(58-28-57-41)24-40(37)52-27-38(36-8-4-5-9-39(36)52)44(56)53(31-10-14-34(54)15-11-31)32-12-16-35(17-13-32)59-45(46,47)48/h2-17,23-24,27,33,54H,18-22,25-26,28H2,1H3/t33-/m0/s1. The van der Waals surface area contributed by atoms with E-state index < -0.39 is 18.0 Å². The highest BCUT2D eigenvalue weighted by atomic mass is 19.4. The zero-order chi connectivity index (χ0) is 40.8. The van der Waals surface area contributed by atoms with Crippen LogP contribution in [-0.2, 0) is 13.0 Å². The molecule has 0 bridgehead atoms. The summed E-state index contributed by atoms with van der Waals surface area (Å²) < 4.78 is 56.7. The molecule has 14 heteroatoms. The minimum Gasteiger partial charge on any atom is -0.508 e. The molecule has 3 aliphatic rings. The number of likely N-dealkylation sites (N-methyl/N-ethyl adjacent to an activating group) is 1. The van der Waals surface area contributed by atoms with E-state index in [9.17, 15) is 23.1 Å². The molecule has 1 aromatic heterocycles. The summed E-state index contributed by atoms with van der Waals surface area (Å²) in [5.74, 6) is -0.289. The number of hydrogen-bond acceptors (Lipinski definition) is 8. The number of piperazine rings is 1. The van der Waals surface area contributed by atoms with E-state index in [2.05, 4.69) is 33.7 Å². The van der Waals surface area contributed by atoms with Gasteiger partial charge in [-0.15, -0.1) is 13.2 Å². The Labute approximate surface area is 337 Å². The van der Waals surface area contributed by atoms with Gasteiger partial charge in [-0.05, 0) is 85.3 Å². The van der Waals surface area contributed by atoms with E-state index in [-0.39, 0.29) is 35.7 Å². The summed E-state index contributed by atoms with van der Waals surface area (Å²) in [7, 11) is 2.12. The molecule has 0 spiro atoms. The highest BCUT2D eigenvalue weighted by Gasteiger charge is 2.36. The number of anilines is 2. The van der Waals surface area contributed by atoms with Crippen LogP contribution >= 0.6 is 0 Å². The average molecular weight is 804 g/mol. The number of rotatable bonds is 8. The van der Waals surface area contributed by atoms with Crippen LogP contribution in [0.4, 0.5) is 24.5 Å². The Balaban J connectivity index is 1.14. The molecule has 2 amide bonds. The van der Waals surface area contributed by atoms with Gasteiger partial charge >= 0.3 is 6.36 Å². The number of benzene rings is 5. The van der Waals surface area contributed by atoms with Gasteiger partial charge in [-0.1, -0.05) is 42.5 Å². The zero-order valence-electron chi connectivity index (χ0n) is 32.1. The second-order valence-electron chi connectivity index (χ2n) is 15.0. The molecule has 11 nitrogen and oxygen atoms in total. The van der Waals surface area contributed by atoms with E-state index in [0.29, 0.717) is 52.3 Å². The first-order valence-electron chi connectivity index (χ1n) is 19.3. The fourth-order valence-electron chi connectivity index (χ4n) is 8.23. The molecule has 1 atom stereocenters. The molecule has 4 heterocycles. The van der Waals surface area contributed by atoms with Gasteiger partial charge in [0.2, 0.25) is 6.79 Å². The number of carbonyl (C=O) groups is 2. The van der Waals surface area contributed by atoms with Crippen LogP contribution in [0.3, 0.4) is 0 Å². The number of hydrogen-bond donors (Lipinski definition) is 1. The van der Waals surface area contributed by atoms with Crippen LogP contribution in [0.25, 0.3) is 16.6 Å². The zero-order valence-corrected chi connectivity index (χ0v) is 32.1. The molecule has 1 N–H and O–H groups in total. The number of phenols is 1. The number of phenolic OH excluding ortho intramolecular Hbond substituents is 1. The Morgan fingerprint density at radius 1 is 0.814 bits per heavy atom. The molecule has 302 valence electrons. The molecule has 0 radical (unpaired) electrons. The third kappa shape index (κ3) is 7.64. The monoisotopic (exact) mass is 803 g/mol. The van der Waals surface area contributed by atoms with Crippen molar-refractivity contribution in [2.75, 3.05) is 51.5 Å². The lowest BCUT2D eigenvalue weighted by Crippen LogP contribution is -2.53. The summed E-state index contributed by atoms with van der Waals surface area (Å²) in [6.45, 7) is 4.84. The van der Waals surface area contributed by atoms with Gasteiger partial charge in [0.15, 0.2) is 11.5 Å².